The average Bonchev–Trinajstić information content (AvgIpc) is 2.71. The maximum atomic E-state index is 6.17. The van der Waals surface area contributed by atoms with E-state index in [0.717, 1.165) is 12.2 Å². The van der Waals surface area contributed by atoms with Crippen LogP contribution in [0.2, 0.25) is 0 Å². The Bertz CT molecular complexity index is 459. The van der Waals surface area contributed by atoms with Gasteiger partial charge in [-0.3, -0.25) is 0 Å². The first-order valence-electron chi connectivity index (χ1n) is 5.63. The second-order valence-corrected chi connectivity index (χ2v) is 5.23. The molecule has 0 spiro atoms. The van der Waals surface area contributed by atoms with Crippen LogP contribution >= 0.6 is 0 Å². The third-order valence-corrected chi connectivity index (χ3v) is 4.13. The molecule has 0 bridgehead atoms. The topological polar surface area (TPSA) is 21.8 Å². The molecule has 2 unspecified atom stereocenters. The lowest BCUT2D eigenvalue weighted by Gasteiger charge is -2.25. The normalized spacial score (nSPS) is 44.3. The summed E-state index contributed by atoms with van der Waals surface area (Å²) in [5.74, 6) is 1.58. The number of ether oxygens (including phenoxy) is 2. The van der Waals surface area contributed by atoms with Crippen molar-refractivity contribution < 1.29 is 10.9 Å². The van der Waals surface area contributed by atoms with E-state index in [4.69, 9.17) is 9.47 Å². The quantitative estimate of drug-likeness (QED) is 0.606. The van der Waals surface area contributed by atoms with E-state index >= 15 is 0 Å². The van der Waals surface area contributed by atoms with Crippen LogP contribution in [-0.2, 0) is 4.74 Å². The Morgan fingerprint density at radius 1 is 1.47 bits per heavy atom. The van der Waals surface area contributed by atoms with Crippen LogP contribution in [0.5, 0.6) is 5.75 Å². The number of benzene rings is 1. The fraction of sp³-hybridized carbons (Fsp3) is 0.538. The Labute approximate surface area is 90.7 Å². The SMILES string of the molecule is Cc1cccc2c1O[C@@]1(C)CC3OC3[C@@H]21.[HH]. The van der Waals surface area contributed by atoms with Crippen LogP contribution in [0.4, 0.5) is 0 Å². The standard InChI is InChI=1S/C13H14O2.H2/c1-7-4-3-5-8-10-12-9(14-12)6-13(10,2)15-11(7)8;/h3-5,9-10,12H,6H2,1-2H3;1H/t9?,10-,12?,13+;/m1./s1. The van der Waals surface area contributed by atoms with E-state index in [9.17, 15) is 0 Å². The van der Waals surface area contributed by atoms with Crippen molar-refractivity contribution in [2.24, 2.45) is 0 Å². The highest BCUT2D eigenvalue weighted by molar-refractivity contribution is 5.51. The number of fused-ring (bicyclic) bond motifs is 5. The molecule has 1 aromatic carbocycles. The summed E-state index contributed by atoms with van der Waals surface area (Å²) < 4.78 is 11.8. The zero-order valence-electron chi connectivity index (χ0n) is 8.99. The zero-order valence-corrected chi connectivity index (χ0v) is 8.99. The highest BCUT2D eigenvalue weighted by atomic mass is 16.6. The van der Waals surface area contributed by atoms with Gasteiger partial charge in [0, 0.05) is 13.4 Å². The minimum Gasteiger partial charge on any atom is -0.486 e. The average molecular weight is 204 g/mol. The van der Waals surface area contributed by atoms with Crippen molar-refractivity contribution in [2.75, 3.05) is 0 Å². The number of hydrogen-bond acceptors (Lipinski definition) is 2. The van der Waals surface area contributed by atoms with Gasteiger partial charge in [-0.2, -0.15) is 0 Å². The molecule has 0 amide bonds. The van der Waals surface area contributed by atoms with Crippen molar-refractivity contribution in [3.8, 4) is 5.75 Å². The summed E-state index contributed by atoms with van der Waals surface area (Å²) in [6, 6.07) is 6.44. The molecule has 2 heterocycles. The molecule has 4 rings (SSSR count). The third kappa shape index (κ3) is 0.847. The van der Waals surface area contributed by atoms with Crippen molar-refractivity contribution >= 4 is 0 Å². The van der Waals surface area contributed by atoms with Gasteiger partial charge in [-0.1, -0.05) is 18.2 Å². The Morgan fingerprint density at radius 2 is 2.33 bits per heavy atom. The van der Waals surface area contributed by atoms with Crippen molar-refractivity contribution in [1.82, 2.24) is 0 Å². The molecule has 15 heavy (non-hydrogen) atoms. The van der Waals surface area contributed by atoms with E-state index in [2.05, 4.69) is 32.0 Å². The minimum absolute atomic E-state index is 0. The second-order valence-electron chi connectivity index (χ2n) is 5.23. The summed E-state index contributed by atoms with van der Waals surface area (Å²) in [6.07, 6.45) is 1.95. The molecule has 1 saturated heterocycles. The Hall–Kier alpha value is -1.02. The van der Waals surface area contributed by atoms with Gasteiger partial charge in [-0.15, -0.1) is 0 Å². The van der Waals surface area contributed by atoms with E-state index in [-0.39, 0.29) is 7.03 Å². The van der Waals surface area contributed by atoms with Crippen LogP contribution in [0.25, 0.3) is 0 Å². The third-order valence-electron chi connectivity index (χ3n) is 4.13. The Balaban J connectivity index is 0.000000810. The van der Waals surface area contributed by atoms with Crippen LogP contribution in [0.15, 0.2) is 18.2 Å². The molecule has 2 fully saturated rings. The lowest BCUT2D eigenvalue weighted by molar-refractivity contribution is 0.0604. The number of epoxide rings is 1. The molecule has 1 aliphatic carbocycles. The predicted octanol–water partition coefficient (Wildman–Crippen LogP) is 2.65. The molecule has 2 heteroatoms. The van der Waals surface area contributed by atoms with Gasteiger partial charge in [-0.25, -0.2) is 0 Å². The van der Waals surface area contributed by atoms with Crippen molar-refractivity contribution in [2.45, 2.75) is 44.0 Å². The van der Waals surface area contributed by atoms with Gasteiger partial charge in [0.2, 0.25) is 0 Å². The monoisotopic (exact) mass is 204 g/mol. The first-order chi connectivity index (χ1) is 7.19. The fourth-order valence-electron chi connectivity index (χ4n) is 3.39. The van der Waals surface area contributed by atoms with E-state index in [0.29, 0.717) is 18.1 Å². The lowest BCUT2D eigenvalue weighted by atomic mass is 9.87. The van der Waals surface area contributed by atoms with E-state index in [1.54, 1.807) is 0 Å². The molecule has 3 aliphatic rings. The summed E-state index contributed by atoms with van der Waals surface area (Å²) in [7, 11) is 0. The number of rotatable bonds is 0. The van der Waals surface area contributed by atoms with Crippen LogP contribution in [0, 0.1) is 6.92 Å². The Morgan fingerprint density at radius 3 is 3.20 bits per heavy atom. The summed E-state index contributed by atoms with van der Waals surface area (Å²) in [5, 5.41) is 0. The molecule has 1 aromatic rings. The predicted molar refractivity (Wildman–Crippen MR) is 58.3 cm³/mol. The summed E-state index contributed by atoms with van der Waals surface area (Å²) in [5.41, 5.74) is 2.62. The van der Waals surface area contributed by atoms with E-state index < -0.39 is 0 Å². The molecule has 2 aliphatic heterocycles. The van der Waals surface area contributed by atoms with Gasteiger partial charge in [0.15, 0.2) is 0 Å². The van der Waals surface area contributed by atoms with Gasteiger partial charge < -0.3 is 9.47 Å². The van der Waals surface area contributed by atoms with Crippen molar-refractivity contribution in [3.05, 3.63) is 29.3 Å². The summed E-state index contributed by atoms with van der Waals surface area (Å²) in [4.78, 5) is 0. The zero-order chi connectivity index (χ0) is 10.2. The van der Waals surface area contributed by atoms with Gasteiger partial charge >= 0.3 is 0 Å². The number of para-hydroxylation sites is 1. The van der Waals surface area contributed by atoms with E-state index in [1.165, 1.54) is 11.1 Å². The van der Waals surface area contributed by atoms with E-state index in [1.807, 2.05) is 0 Å². The highest BCUT2D eigenvalue weighted by Crippen LogP contribution is 2.61. The first-order valence-corrected chi connectivity index (χ1v) is 5.63. The second kappa shape index (κ2) is 2.22. The maximum absolute atomic E-state index is 6.17. The van der Waals surface area contributed by atoms with Crippen LogP contribution in [0.1, 0.15) is 31.8 Å². The van der Waals surface area contributed by atoms with Crippen molar-refractivity contribution in [3.63, 3.8) is 0 Å². The largest absolute Gasteiger partial charge is 0.486 e. The van der Waals surface area contributed by atoms with Crippen molar-refractivity contribution in [1.29, 1.82) is 0 Å². The molecule has 0 aromatic heterocycles. The van der Waals surface area contributed by atoms with Gasteiger partial charge in [0.1, 0.15) is 11.4 Å². The highest BCUT2D eigenvalue weighted by Gasteiger charge is 2.66. The van der Waals surface area contributed by atoms with Crippen LogP contribution < -0.4 is 4.74 Å². The fourth-order valence-corrected chi connectivity index (χ4v) is 3.39. The number of hydrogen-bond donors (Lipinski definition) is 0. The molecular formula is C13H16O2. The smallest absolute Gasteiger partial charge is 0.126 e. The van der Waals surface area contributed by atoms with Gasteiger partial charge in [0.05, 0.1) is 18.1 Å². The molecular weight excluding hydrogens is 188 g/mol. The van der Waals surface area contributed by atoms with Crippen LogP contribution in [-0.4, -0.2) is 17.8 Å². The molecule has 4 atom stereocenters. The number of aryl methyl sites for hydroxylation is 1. The maximum Gasteiger partial charge on any atom is 0.126 e. The molecule has 0 radical (unpaired) electrons. The minimum atomic E-state index is 0. The summed E-state index contributed by atoms with van der Waals surface area (Å²) in [6.45, 7) is 4.35. The summed E-state index contributed by atoms with van der Waals surface area (Å²) >= 11 is 0. The molecule has 2 nitrogen and oxygen atoms in total. The molecule has 1 saturated carbocycles. The Kier molecular flexibility index (Phi) is 1.21. The van der Waals surface area contributed by atoms with Crippen LogP contribution in [0.3, 0.4) is 0 Å². The molecule has 0 N–H and O–H groups in total. The molecule has 80 valence electrons. The van der Waals surface area contributed by atoms with Gasteiger partial charge in [0.25, 0.3) is 0 Å². The van der Waals surface area contributed by atoms with Gasteiger partial charge in [-0.05, 0) is 19.4 Å². The first kappa shape index (κ1) is 8.17. The lowest BCUT2D eigenvalue weighted by Crippen LogP contribution is -2.33.